The van der Waals surface area contributed by atoms with E-state index in [0.29, 0.717) is 42.6 Å². The normalized spacial score (nSPS) is 16.3. The number of esters is 1. The number of rotatable bonds is 7. The third-order valence-electron chi connectivity index (χ3n) is 4.51. The maximum Gasteiger partial charge on any atom is 0.310 e. The minimum atomic E-state index is -0.477. The molecule has 0 radical (unpaired) electrons. The maximum atomic E-state index is 12.7. The van der Waals surface area contributed by atoms with E-state index in [-0.39, 0.29) is 30.1 Å². The Hall–Kier alpha value is -3.01. The molecule has 1 aliphatic rings. The number of hydrogen-bond acceptors (Lipinski definition) is 8. The van der Waals surface area contributed by atoms with Crippen LogP contribution in [0.1, 0.15) is 35.3 Å². The number of likely N-dealkylation sites (tertiary alicyclic amines) is 1. The molecule has 1 amide bonds. The summed E-state index contributed by atoms with van der Waals surface area (Å²) in [5, 5.41) is 13.0. The van der Waals surface area contributed by atoms with E-state index in [1.54, 1.807) is 17.2 Å². The fraction of sp³-hybridized carbons (Fsp3) is 0.421. The lowest BCUT2D eigenvalue weighted by atomic mass is 9.98. The largest absolute Gasteiger partial charge is 0.486 e. The molecule has 3 rings (SSSR count). The van der Waals surface area contributed by atoms with Gasteiger partial charge in [-0.1, -0.05) is 0 Å². The van der Waals surface area contributed by atoms with Crippen LogP contribution in [0, 0.1) is 16.0 Å². The molecule has 1 aliphatic heterocycles. The van der Waals surface area contributed by atoms with Crippen molar-refractivity contribution in [3.63, 3.8) is 0 Å². The number of non-ortho nitro benzene ring substituents is 1. The van der Waals surface area contributed by atoms with E-state index in [9.17, 15) is 19.7 Å². The lowest BCUT2D eigenvalue weighted by Gasteiger charge is -2.31. The first-order valence-corrected chi connectivity index (χ1v) is 10.1. The van der Waals surface area contributed by atoms with Crippen molar-refractivity contribution in [1.29, 1.82) is 0 Å². The number of thiazole rings is 1. The first kappa shape index (κ1) is 20.7. The Morgan fingerprint density at radius 3 is 2.79 bits per heavy atom. The number of ether oxygens (including phenoxy) is 2. The van der Waals surface area contributed by atoms with Gasteiger partial charge in [0.25, 0.3) is 11.6 Å². The van der Waals surface area contributed by atoms with Gasteiger partial charge < -0.3 is 14.4 Å². The van der Waals surface area contributed by atoms with Gasteiger partial charge in [0, 0.05) is 30.6 Å². The number of piperidine rings is 1. The Balaban J connectivity index is 1.56. The molecule has 1 saturated heterocycles. The number of nitro benzene ring substituents is 1. The Bertz CT molecular complexity index is 882. The number of nitro groups is 1. The predicted octanol–water partition coefficient (Wildman–Crippen LogP) is 3.05. The molecular formula is C19H21N3O6S. The first-order valence-electron chi connectivity index (χ1n) is 9.25. The molecule has 1 fully saturated rings. The summed E-state index contributed by atoms with van der Waals surface area (Å²) >= 11 is 1.30. The summed E-state index contributed by atoms with van der Waals surface area (Å²) in [5.41, 5.74) is 0.309. The van der Waals surface area contributed by atoms with Gasteiger partial charge in [-0.2, -0.15) is 0 Å². The van der Waals surface area contributed by atoms with E-state index < -0.39 is 4.92 Å². The van der Waals surface area contributed by atoms with E-state index in [1.807, 2.05) is 0 Å². The highest BCUT2D eigenvalue weighted by Gasteiger charge is 2.30. The van der Waals surface area contributed by atoms with Crippen molar-refractivity contribution >= 4 is 28.9 Å². The van der Waals surface area contributed by atoms with Crippen molar-refractivity contribution < 1.29 is 24.0 Å². The molecule has 0 bridgehead atoms. The third-order valence-corrected chi connectivity index (χ3v) is 5.33. The van der Waals surface area contributed by atoms with Crippen molar-refractivity contribution in [2.45, 2.75) is 26.4 Å². The molecule has 154 valence electrons. The van der Waals surface area contributed by atoms with E-state index in [0.717, 1.165) is 6.42 Å². The fourth-order valence-electron chi connectivity index (χ4n) is 3.06. The van der Waals surface area contributed by atoms with E-state index in [1.165, 1.54) is 35.6 Å². The Morgan fingerprint density at radius 2 is 2.10 bits per heavy atom. The summed E-state index contributed by atoms with van der Waals surface area (Å²) in [6.45, 7) is 3.17. The van der Waals surface area contributed by atoms with Crippen LogP contribution in [-0.2, 0) is 16.1 Å². The molecule has 0 unspecified atom stereocenters. The van der Waals surface area contributed by atoms with Crippen molar-refractivity contribution in [2.75, 3.05) is 19.7 Å². The fourth-order valence-corrected chi connectivity index (χ4v) is 3.74. The van der Waals surface area contributed by atoms with Gasteiger partial charge in [0.1, 0.15) is 23.1 Å². The highest BCUT2D eigenvalue weighted by molar-refractivity contribution is 7.09. The van der Waals surface area contributed by atoms with Gasteiger partial charge in [0.2, 0.25) is 0 Å². The van der Waals surface area contributed by atoms with Crippen molar-refractivity contribution in [3.05, 3.63) is 50.5 Å². The molecule has 2 heterocycles. The lowest BCUT2D eigenvalue weighted by Crippen LogP contribution is -2.43. The predicted molar refractivity (Wildman–Crippen MR) is 105 cm³/mol. The summed E-state index contributed by atoms with van der Waals surface area (Å²) in [6.07, 6.45) is 1.46. The number of hydrogen-bond donors (Lipinski definition) is 0. The summed E-state index contributed by atoms with van der Waals surface area (Å²) in [7, 11) is 0. The smallest absolute Gasteiger partial charge is 0.310 e. The molecule has 10 heteroatoms. The van der Waals surface area contributed by atoms with E-state index in [2.05, 4.69) is 4.98 Å². The topological polar surface area (TPSA) is 112 Å². The average molecular weight is 419 g/mol. The summed E-state index contributed by atoms with van der Waals surface area (Å²) in [5.74, 6) is -0.291. The number of benzene rings is 1. The van der Waals surface area contributed by atoms with Crippen molar-refractivity contribution in [1.82, 2.24) is 9.88 Å². The molecule has 0 N–H and O–H groups in total. The standard InChI is InChI=1S/C19H21N3O6S/c1-2-27-19(24)13-4-3-9-21(10-13)18(23)16-12-29-17(20-16)11-28-15-7-5-14(6-8-15)22(25)26/h5-8,12-13H,2-4,9-11H2,1H3/t13-/m0/s1. The third kappa shape index (κ3) is 5.29. The zero-order valence-corrected chi connectivity index (χ0v) is 16.7. The number of amides is 1. The molecule has 9 nitrogen and oxygen atoms in total. The number of aromatic nitrogens is 1. The number of nitrogens with zero attached hydrogens (tertiary/aromatic N) is 3. The second kappa shape index (κ2) is 9.46. The van der Waals surface area contributed by atoms with Crippen LogP contribution in [0.3, 0.4) is 0 Å². The zero-order chi connectivity index (χ0) is 20.8. The van der Waals surface area contributed by atoms with Crippen LogP contribution < -0.4 is 4.74 Å². The Labute approximate surface area is 171 Å². The molecule has 0 spiro atoms. The molecule has 29 heavy (non-hydrogen) atoms. The van der Waals surface area contributed by atoms with Crippen molar-refractivity contribution in [3.8, 4) is 5.75 Å². The van der Waals surface area contributed by atoms with Crippen LogP contribution in [0.2, 0.25) is 0 Å². The van der Waals surface area contributed by atoms with Gasteiger partial charge in [-0.25, -0.2) is 4.98 Å². The highest BCUT2D eigenvalue weighted by Crippen LogP contribution is 2.22. The van der Waals surface area contributed by atoms with Crippen LogP contribution in [-0.4, -0.2) is 46.4 Å². The van der Waals surface area contributed by atoms with Crippen LogP contribution in [0.4, 0.5) is 5.69 Å². The monoisotopic (exact) mass is 419 g/mol. The molecule has 0 saturated carbocycles. The van der Waals surface area contributed by atoms with Crippen molar-refractivity contribution in [2.24, 2.45) is 5.92 Å². The van der Waals surface area contributed by atoms with Crippen LogP contribution in [0.25, 0.3) is 0 Å². The van der Waals surface area contributed by atoms with Gasteiger partial charge in [-0.3, -0.25) is 19.7 Å². The zero-order valence-electron chi connectivity index (χ0n) is 15.9. The molecule has 1 aromatic carbocycles. The molecule has 0 aliphatic carbocycles. The number of carbonyl (C=O) groups is 2. The van der Waals surface area contributed by atoms with Crippen LogP contribution in [0.5, 0.6) is 5.75 Å². The van der Waals surface area contributed by atoms with E-state index in [4.69, 9.17) is 9.47 Å². The second-order valence-electron chi connectivity index (χ2n) is 6.51. The SMILES string of the molecule is CCOC(=O)[C@H]1CCCN(C(=O)c2csc(COc3ccc([N+](=O)[O-])cc3)n2)C1. The van der Waals surface area contributed by atoms with Gasteiger partial charge in [-0.05, 0) is 31.9 Å². The van der Waals surface area contributed by atoms with Gasteiger partial charge >= 0.3 is 5.97 Å². The maximum absolute atomic E-state index is 12.7. The first-order chi connectivity index (χ1) is 14.0. The van der Waals surface area contributed by atoms with Gasteiger partial charge in [0.05, 0.1) is 17.4 Å². The molecule has 2 aromatic rings. The Morgan fingerprint density at radius 1 is 1.34 bits per heavy atom. The van der Waals surface area contributed by atoms with E-state index >= 15 is 0 Å². The summed E-state index contributed by atoms with van der Waals surface area (Å²) in [6, 6.07) is 5.76. The van der Waals surface area contributed by atoms with Crippen LogP contribution >= 0.6 is 11.3 Å². The lowest BCUT2D eigenvalue weighted by molar-refractivity contribution is -0.384. The second-order valence-corrected chi connectivity index (χ2v) is 7.45. The molecule has 1 aromatic heterocycles. The minimum absolute atomic E-state index is 0.0119. The molecule has 1 atom stereocenters. The molecular weight excluding hydrogens is 398 g/mol. The quantitative estimate of drug-likeness (QED) is 0.385. The van der Waals surface area contributed by atoms with Crippen LogP contribution in [0.15, 0.2) is 29.6 Å². The highest BCUT2D eigenvalue weighted by atomic mass is 32.1. The van der Waals surface area contributed by atoms with Gasteiger partial charge in [0.15, 0.2) is 0 Å². The van der Waals surface area contributed by atoms with Gasteiger partial charge in [-0.15, -0.1) is 11.3 Å². The Kier molecular flexibility index (Phi) is 6.76. The summed E-state index contributed by atoms with van der Waals surface area (Å²) in [4.78, 5) is 40.9. The minimum Gasteiger partial charge on any atom is -0.486 e. The average Bonchev–Trinajstić information content (AvgIpc) is 3.21. The summed E-state index contributed by atoms with van der Waals surface area (Å²) < 4.78 is 10.6. The number of carbonyl (C=O) groups excluding carboxylic acids is 2.